The standard InChI is InChI=1S/C9H17O6PSe.Ba/c1-3-12-8-6(14-9(17)7(8)10)4-13-16(11)5(2)15-16;/h5-10,17H,3-4H2,1-2H3;/q;+1/p-1. The maximum atomic E-state index is 11.7. The van der Waals surface area contributed by atoms with E-state index in [4.69, 9.17) is 18.5 Å². The van der Waals surface area contributed by atoms with Crippen LogP contribution in [0.5, 0.6) is 0 Å². The van der Waals surface area contributed by atoms with Crippen molar-refractivity contribution in [2.24, 2.45) is 0 Å². The van der Waals surface area contributed by atoms with Crippen LogP contribution in [0.3, 0.4) is 0 Å². The molecule has 0 amide bonds. The van der Waals surface area contributed by atoms with Crippen molar-refractivity contribution in [1.82, 2.24) is 0 Å². The molecular weight excluding hydrogens is 451 g/mol. The monoisotopic (exact) mass is 469 g/mol. The third-order valence-corrected chi connectivity index (χ3v) is 11.7. The van der Waals surface area contributed by atoms with E-state index < -0.39 is 13.7 Å². The van der Waals surface area contributed by atoms with Gasteiger partial charge in [0.1, 0.15) is 0 Å². The summed E-state index contributed by atoms with van der Waals surface area (Å²) in [5.41, 5.74) is 0. The first-order valence-corrected chi connectivity index (χ1v) is 19.0. The average molecular weight is 467 g/mol. The molecule has 0 aliphatic carbocycles. The van der Waals surface area contributed by atoms with Crippen LogP contribution in [-0.2, 0) is 23.1 Å². The third-order valence-electron chi connectivity index (χ3n) is 2.93. The van der Waals surface area contributed by atoms with Gasteiger partial charge in [-0.2, -0.15) is 0 Å². The zero-order chi connectivity index (χ0) is 13.3. The fourth-order valence-electron chi connectivity index (χ4n) is 1.87. The predicted octanol–water partition coefficient (Wildman–Crippen LogP) is -0.149. The summed E-state index contributed by atoms with van der Waals surface area (Å²) in [4.78, 5) is 0. The Balaban J connectivity index is 1.91. The normalized spacial score (nSPS) is 47.3. The van der Waals surface area contributed by atoms with Crippen LogP contribution in [0.4, 0.5) is 0 Å². The average Bonchev–Trinajstić information content (AvgIpc) is 2.82. The topological polar surface area (TPSA) is 77.5 Å². The molecule has 2 rings (SSSR count). The molecule has 2 aliphatic rings. The van der Waals surface area contributed by atoms with Crippen molar-refractivity contribution in [3.05, 3.63) is 0 Å². The molecule has 0 aromatic carbocycles. The zero-order valence-corrected chi connectivity index (χ0v) is 17.4. The number of hydrogen-bond acceptors (Lipinski definition) is 6. The van der Waals surface area contributed by atoms with Crippen LogP contribution in [-0.4, -0.2) is 96.7 Å². The summed E-state index contributed by atoms with van der Waals surface area (Å²) in [5, 5.41) is 9.98. The molecule has 0 spiro atoms. The molecule has 2 heterocycles. The van der Waals surface area contributed by atoms with Crippen LogP contribution >= 0.6 is 7.60 Å². The van der Waals surface area contributed by atoms with Crippen LogP contribution in [0.15, 0.2) is 0 Å². The van der Waals surface area contributed by atoms with Crippen LogP contribution in [0, 0.1) is 0 Å². The molecule has 0 aromatic heterocycles. The molecule has 2 saturated heterocycles. The predicted molar refractivity (Wildman–Crippen MR) is 65.7 cm³/mol. The summed E-state index contributed by atoms with van der Waals surface area (Å²) >= 11 is 0.616. The Morgan fingerprint density at radius 3 is 2.72 bits per heavy atom. The first kappa shape index (κ1) is 16.5. The second-order valence-electron chi connectivity index (χ2n) is 4.16. The van der Waals surface area contributed by atoms with Gasteiger partial charge in [0.25, 0.3) is 0 Å². The summed E-state index contributed by atoms with van der Waals surface area (Å²) in [6, 6.07) is 0. The number of aliphatic hydroxyl groups is 1. The Morgan fingerprint density at radius 2 is 2.22 bits per heavy atom. The van der Waals surface area contributed by atoms with Gasteiger partial charge in [0.2, 0.25) is 0 Å². The second kappa shape index (κ2) is 6.92. The molecule has 0 saturated carbocycles. The van der Waals surface area contributed by atoms with E-state index in [1.807, 2.05) is 6.92 Å². The van der Waals surface area contributed by atoms with E-state index in [-0.39, 0.29) is 29.7 Å². The summed E-state index contributed by atoms with van der Waals surface area (Å²) in [5.74, 6) is -0.309. The number of ether oxygens (including phenoxy) is 2. The van der Waals surface area contributed by atoms with Crippen molar-refractivity contribution in [1.29, 1.82) is 0 Å². The van der Waals surface area contributed by atoms with E-state index in [0.29, 0.717) is 55.9 Å². The molecule has 9 heteroatoms. The van der Waals surface area contributed by atoms with Gasteiger partial charge in [-0.05, 0) is 0 Å². The van der Waals surface area contributed by atoms with E-state index in [2.05, 4.69) is 0 Å². The van der Waals surface area contributed by atoms with Crippen molar-refractivity contribution in [2.75, 3.05) is 13.2 Å². The van der Waals surface area contributed by atoms with Gasteiger partial charge in [-0.15, -0.1) is 0 Å². The van der Waals surface area contributed by atoms with Crippen molar-refractivity contribution >= 4 is 56.8 Å². The molecule has 2 aliphatic heterocycles. The van der Waals surface area contributed by atoms with Gasteiger partial charge in [-0.3, -0.25) is 0 Å². The van der Waals surface area contributed by atoms with E-state index >= 15 is 0 Å². The summed E-state index contributed by atoms with van der Waals surface area (Å²) in [6.07, 6.45) is -0.962. The first-order valence-electron chi connectivity index (χ1n) is 5.80. The third kappa shape index (κ3) is 3.66. The number of hydrogen-bond donors (Lipinski definition) is 1. The molecule has 0 bridgehead atoms. The first-order chi connectivity index (χ1) is 8.51. The molecule has 6 nitrogen and oxygen atoms in total. The van der Waals surface area contributed by atoms with Gasteiger partial charge in [0, 0.05) is 0 Å². The van der Waals surface area contributed by atoms with Crippen LogP contribution in [0.25, 0.3) is 0 Å². The molecule has 1 N–H and O–H groups in total. The molecule has 1 radical (unpaired) electrons. The summed E-state index contributed by atoms with van der Waals surface area (Å²) in [6.45, 7) is 4.26. The Morgan fingerprint density at radius 1 is 1.56 bits per heavy atom. The van der Waals surface area contributed by atoms with Crippen LogP contribution in [0.1, 0.15) is 13.8 Å². The Kier molecular flexibility index (Phi) is 6.34. The second-order valence-corrected chi connectivity index (χ2v) is 13.5. The molecule has 0 aromatic rings. The van der Waals surface area contributed by atoms with Gasteiger partial charge in [0.15, 0.2) is 0 Å². The number of rotatable bonds is 6. The zero-order valence-electron chi connectivity index (χ0n) is 10.4. The van der Waals surface area contributed by atoms with E-state index in [1.165, 1.54) is 0 Å². The number of aliphatic hydroxyl groups excluding tert-OH is 1. The molecule has 18 heavy (non-hydrogen) atoms. The van der Waals surface area contributed by atoms with Gasteiger partial charge in [-0.1, -0.05) is 0 Å². The molecule has 2 fully saturated rings. The molecular formula is C9H16BaO6PSe. The van der Waals surface area contributed by atoms with Crippen molar-refractivity contribution in [2.45, 2.75) is 43.0 Å². The molecule has 6 atom stereocenters. The SMILES string of the molecule is CCOC1C(COP2(=O)OC2C)OC([Se][Ba])C1O. The van der Waals surface area contributed by atoms with Crippen molar-refractivity contribution in [3.63, 3.8) is 0 Å². The van der Waals surface area contributed by atoms with Crippen molar-refractivity contribution < 1.29 is 28.2 Å². The van der Waals surface area contributed by atoms with E-state index in [0.717, 1.165) is 0 Å². The van der Waals surface area contributed by atoms with Gasteiger partial charge in [-0.25, -0.2) is 0 Å². The minimum absolute atomic E-state index is 0.107. The summed E-state index contributed by atoms with van der Waals surface area (Å²) < 4.78 is 33.2. The quantitative estimate of drug-likeness (QED) is 0.333. The Labute approximate surface area is 139 Å². The van der Waals surface area contributed by atoms with Crippen LogP contribution < -0.4 is 0 Å². The Bertz CT molecular complexity index is 345. The van der Waals surface area contributed by atoms with Gasteiger partial charge >= 0.3 is 141 Å². The van der Waals surface area contributed by atoms with E-state index in [1.54, 1.807) is 6.92 Å². The minimum atomic E-state index is -2.85. The van der Waals surface area contributed by atoms with Crippen molar-refractivity contribution in [3.8, 4) is 0 Å². The maximum absolute atomic E-state index is 11.7. The van der Waals surface area contributed by atoms with Gasteiger partial charge < -0.3 is 0 Å². The summed E-state index contributed by atoms with van der Waals surface area (Å²) in [7, 11) is -2.85. The van der Waals surface area contributed by atoms with Gasteiger partial charge in [0.05, 0.1) is 0 Å². The fourth-order valence-corrected chi connectivity index (χ4v) is 8.80. The van der Waals surface area contributed by atoms with Crippen LogP contribution in [0.2, 0.25) is 0 Å². The molecule has 101 valence electrons. The van der Waals surface area contributed by atoms with E-state index in [9.17, 15) is 9.67 Å². The fraction of sp³-hybridized carbons (Fsp3) is 1.00. The molecule has 6 unspecified atom stereocenters. The Hall–Kier alpha value is 2.12.